The van der Waals surface area contributed by atoms with E-state index in [1.54, 1.807) is 6.92 Å². The molecule has 0 amide bonds. The summed E-state index contributed by atoms with van der Waals surface area (Å²) in [6.07, 6.45) is 2.34. The smallest absolute Gasteiger partial charge is 0.323 e. The van der Waals surface area contributed by atoms with E-state index in [2.05, 4.69) is 26.0 Å². The lowest BCUT2D eigenvalue weighted by atomic mass is 9.84. The van der Waals surface area contributed by atoms with Crippen LogP contribution >= 0.6 is 0 Å². The number of benzene rings is 1. The van der Waals surface area contributed by atoms with Crippen LogP contribution < -0.4 is 5.73 Å². The highest BCUT2D eigenvalue weighted by molar-refractivity contribution is 5.77. The van der Waals surface area contributed by atoms with Crippen LogP contribution in [0.5, 0.6) is 0 Å². The average molecular weight is 249 g/mol. The van der Waals surface area contributed by atoms with Crippen LogP contribution in [0.1, 0.15) is 37.8 Å². The summed E-state index contributed by atoms with van der Waals surface area (Å²) in [7, 11) is 0. The zero-order chi connectivity index (χ0) is 13.8. The second-order valence-corrected chi connectivity index (χ2v) is 5.33. The Labute approximate surface area is 109 Å². The summed E-state index contributed by atoms with van der Waals surface area (Å²) in [4.78, 5) is 11.1. The van der Waals surface area contributed by atoms with Gasteiger partial charge in [0.05, 0.1) is 0 Å². The van der Waals surface area contributed by atoms with Gasteiger partial charge in [0.15, 0.2) is 0 Å². The van der Waals surface area contributed by atoms with Gasteiger partial charge in [-0.3, -0.25) is 4.79 Å². The Morgan fingerprint density at radius 2 is 2.06 bits per heavy atom. The average Bonchev–Trinajstić information content (AvgIpc) is 2.30. The molecule has 0 aliphatic heterocycles. The molecule has 0 radical (unpaired) electrons. The van der Waals surface area contributed by atoms with Gasteiger partial charge in [-0.25, -0.2) is 0 Å². The van der Waals surface area contributed by atoms with Gasteiger partial charge in [0.1, 0.15) is 5.54 Å². The number of nitrogens with two attached hydrogens (primary N) is 1. The minimum atomic E-state index is -1.14. The van der Waals surface area contributed by atoms with Gasteiger partial charge >= 0.3 is 5.97 Å². The fraction of sp³-hybridized carbons (Fsp3) is 0.533. The molecule has 0 aliphatic rings. The van der Waals surface area contributed by atoms with Gasteiger partial charge in [-0.05, 0) is 43.7 Å². The molecule has 0 saturated heterocycles. The summed E-state index contributed by atoms with van der Waals surface area (Å²) in [5.74, 6) is -0.622. The van der Waals surface area contributed by atoms with Crippen LogP contribution in [0.2, 0.25) is 0 Å². The Kier molecular flexibility index (Phi) is 4.91. The number of carboxylic acid groups (broad SMARTS) is 1. The van der Waals surface area contributed by atoms with Crippen molar-refractivity contribution in [2.75, 3.05) is 0 Å². The van der Waals surface area contributed by atoms with Crippen LogP contribution in [0, 0.1) is 12.8 Å². The molecule has 1 aromatic rings. The number of hydrogen-bond donors (Lipinski definition) is 2. The van der Waals surface area contributed by atoms with Crippen molar-refractivity contribution >= 4 is 5.97 Å². The Bertz CT molecular complexity index is 413. The first-order chi connectivity index (χ1) is 8.36. The molecular formula is C15H23NO2. The molecular weight excluding hydrogens is 226 g/mol. The lowest BCUT2D eigenvalue weighted by Gasteiger charge is -2.25. The maximum Gasteiger partial charge on any atom is 0.323 e. The van der Waals surface area contributed by atoms with Gasteiger partial charge < -0.3 is 10.8 Å². The summed E-state index contributed by atoms with van der Waals surface area (Å²) >= 11 is 0. The third-order valence-electron chi connectivity index (χ3n) is 3.55. The maximum absolute atomic E-state index is 11.1. The molecule has 3 nitrogen and oxygen atoms in total. The first-order valence-corrected chi connectivity index (χ1v) is 6.43. The predicted octanol–water partition coefficient (Wildman–Crippen LogP) is 2.76. The number of carboxylic acids is 1. The first-order valence-electron chi connectivity index (χ1n) is 6.43. The molecule has 0 bridgehead atoms. The summed E-state index contributed by atoms with van der Waals surface area (Å²) in [5.41, 5.74) is 7.23. The Morgan fingerprint density at radius 3 is 2.56 bits per heavy atom. The number of aryl methyl sites for hydroxylation is 1. The SMILES string of the molecule is CCC(Cc1ccccc1C)CC(C)(N)C(=O)O. The molecule has 18 heavy (non-hydrogen) atoms. The van der Waals surface area contributed by atoms with Crippen molar-refractivity contribution in [3.05, 3.63) is 35.4 Å². The normalized spacial score (nSPS) is 16.0. The summed E-state index contributed by atoms with van der Waals surface area (Å²) in [6.45, 7) is 5.76. The maximum atomic E-state index is 11.1. The van der Waals surface area contributed by atoms with Crippen molar-refractivity contribution in [2.24, 2.45) is 11.7 Å². The number of hydrogen-bond acceptors (Lipinski definition) is 2. The minimum absolute atomic E-state index is 0.303. The summed E-state index contributed by atoms with van der Waals surface area (Å²) < 4.78 is 0. The van der Waals surface area contributed by atoms with Crippen LogP contribution in [0.25, 0.3) is 0 Å². The van der Waals surface area contributed by atoms with Crippen molar-refractivity contribution in [1.29, 1.82) is 0 Å². The molecule has 3 N–H and O–H groups in total. The molecule has 2 unspecified atom stereocenters. The third-order valence-corrected chi connectivity index (χ3v) is 3.55. The number of rotatable bonds is 6. The van der Waals surface area contributed by atoms with Crippen LogP contribution in [-0.2, 0) is 11.2 Å². The molecule has 0 fully saturated rings. The van der Waals surface area contributed by atoms with Crippen LogP contribution in [-0.4, -0.2) is 16.6 Å². The van der Waals surface area contributed by atoms with Gasteiger partial charge in [0.25, 0.3) is 0 Å². The van der Waals surface area contributed by atoms with Crippen molar-refractivity contribution in [2.45, 2.75) is 45.6 Å². The van der Waals surface area contributed by atoms with Crippen LogP contribution in [0.4, 0.5) is 0 Å². The number of carbonyl (C=O) groups is 1. The van der Waals surface area contributed by atoms with Crippen LogP contribution in [0.15, 0.2) is 24.3 Å². The highest BCUT2D eigenvalue weighted by Gasteiger charge is 2.30. The van der Waals surface area contributed by atoms with Crippen molar-refractivity contribution < 1.29 is 9.90 Å². The largest absolute Gasteiger partial charge is 0.480 e. The fourth-order valence-corrected chi connectivity index (χ4v) is 2.20. The standard InChI is InChI=1S/C15H23NO2/c1-4-12(10-15(3,16)14(17)18)9-13-8-6-5-7-11(13)2/h5-8,12H,4,9-10,16H2,1-3H3,(H,17,18). The lowest BCUT2D eigenvalue weighted by molar-refractivity contribution is -0.143. The molecule has 2 atom stereocenters. The third kappa shape index (κ3) is 3.84. The van der Waals surface area contributed by atoms with Crippen LogP contribution in [0.3, 0.4) is 0 Å². The topological polar surface area (TPSA) is 63.3 Å². The Balaban J connectivity index is 2.75. The highest BCUT2D eigenvalue weighted by Crippen LogP contribution is 2.23. The van der Waals surface area contributed by atoms with E-state index in [4.69, 9.17) is 10.8 Å². The van der Waals surface area contributed by atoms with Gasteiger partial charge in [0, 0.05) is 0 Å². The Morgan fingerprint density at radius 1 is 1.44 bits per heavy atom. The zero-order valence-corrected chi connectivity index (χ0v) is 11.4. The second kappa shape index (κ2) is 6.01. The second-order valence-electron chi connectivity index (χ2n) is 5.33. The van der Waals surface area contributed by atoms with Gasteiger partial charge in [-0.15, -0.1) is 0 Å². The van der Waals surface area contributed by atoms with E-state index in [9.17, 15) is 4.79 Å². The van der Waals surface area contributed by atoms with E-state index in [1.807, 2.05) is 12.1 Å². The molecule has 1 rings (SSSR count). The van der Waals surface area contributed by atoms with Crippen molar-refractivity contribution in [3.63, 3.8) is 0 Å². The molecule has 0 saturated carbocycles. The lowest BCUT2D eigenvalue weighted by Crippen LogP contribution is -2.46. The first kappa shape index (κ1) is 14.7. The van der Waals surface area contributed by atoms with Crippen molar-refractivity contribution in [1.82, 2.24) is 0 Å². The zero-order valence-electron chi connectivity index (χ0n) is 11.4. The number of aliphatic carboxylic acids is 1. The van der Waals surface area contributed by atoms with Gasteiger partial charge in [-0.1, -0.05) is 37.6 Å². The molecule has 100 valence electrons. The van der Waals surface area contributed by atoms with E-state index in [0.717, 1.165) is 12.8 Å². The molecule has 0 aromatic heterocycles. The predicted molar refractivity (Wildman–Crippen MR) is 73.5 cm³/mol. The fourth-order valence-electron chi connectivity index (χ4n) is 2.20. The summed E-state index contributed by atoms with van der Waals surface area (Å²) in [6, 6.07) is 8.23. The van der Waals surface area contributed by atoms with E-state index in [1.165, 1.54) is 11.1 Å². The summed E-state index contributed by atoms with van der Waals surface area (Å²) in [5, 5.41) is 9.08. The Hall–Kier alpha value is -1.35. The highest BCUT2D eigenvalue weighted by atomic mass is 16.4. The monoisotopic (exact) mass is 249 g/mol. The van der Waals surface area contributed by atoms with E-state index >= 15 is 0 Å². The molecule has 0 aliphatic carbocycles. The molecule has 0 spiro atoms. The molecule has 0 heterocycles. The molecule has 3 heteroatoms. The van der Waals surface area contributed by atoms with Gasteiger partial charge in [0.2, 0.25) is 0 Å². The van der Waals surface area contributed by atoms with E-state index < -0.39 is 11.5 Å². The van der Waals surface area contributed by atoms with E-state index in [-0.39, 0.29) is 0 Å². The molecule has 1 aromatic carbocycles. The minimum Gasteiger partial charge on any atom is -0.480 e. The van der Waals surface area contributed by atoms with Crippen molar-refractivity contribution in [3.8, 4) is 0 Å². The van der Waals surface area contributed by atoms with Gasteiger partial charge in [-0.2, -0.15) is 0 Å². The van der Waals surface area contributed by atoms with E-state index in [0.29, 0.717) is 12.3 Å². The quantitative estimate of drug-likeness (QED) is 0.814.